The van der Waals surface area contributed by atoms with Crippen molar-refractivity contribution in [2.24, 2.45) is 5.41 Å². The number of halogens is 1. The van der Waals surface area contributed by atoms with Crippen LogP contribution in [0.3, 0.4) is 0 Å². The van der Waals surface area contributed by atoms with Gasteiger partial charge in [0.1, 0.15) is 5.82 Å². The first-order valence-corrected chi connectivity index (χ1v) is 10.3. The maximum Gasteiger partial charge on any atom is 0.184 e. The minimum Gasteiger partial charge on any atom is -0.223 e. The molecular formula is C22H21FO2S. The summed E-state index contributed by atoms with van der Waals surface area (Å²) in [5.74, 6) is -0.287. The van der Waals surface area contributed by atoms with Gasteiger partial charge in [-0.2, -0.15) is 0 Å². The van der Waals surface area contributed by atoms with Gasteiger partial charge in [0, 0.05) is 10.8 Å². The minimum absolute atomic E-state index is 0.232. The van der Waals surface area contributed by atoms with Crippen molar-refractivity contribution in [3.8, 4) is 0 Å². The van der Waals surface area contributed by atoms with Crippen LogP contribution >= 0.6 is 0 Å². The van der Waals surface area contributed by atoms with Gasteiger partial charge in [-0.3, -0.25) is 0 Å². The summed E-state index contributed by atoms with van der Waals surface area (Å²) < 4.78 is 39.7. The Bertz CT molecular complexity index is 989. The molecule has 0 bridgehead atoms. The van der Waals surface area contributed by atoms with E-state index in [4.69, 9.17) is 0 Å². The molecule has 0 amide bonds. The molecule has 0 spiro atoms. The van der Waals surface area contributed by atoms with Gasteiger partial charge >= 0.3 is 0 Å². The predicted molar refractivity (Wildman–Crippen MR) is 101 cm³/mol. The topological polar surface area (TPSA) is 34.1 Å². The van der Waals surface area contributed by atoms with E-state index < -0.39 is 15.1 Å². The summed E-state index contributed by atoms with van der Waals surface area (Å²) in [5.41, 5.74) is 1.45. The van der Waals surface area contributed by atoms with Crippen LogP contribution in [0.25, 0.3) is 0 Å². The zero-order chi connectivity index (χ0) is 18.6. The number of fused-ring (bicyclic) bond motifs is 1. The molecule has 0 aliphatic heterocycles. The Morgan fingerprint density at radius 3 is 2.38 bits per heavy atom. The first-order chi connectivity index (χ1) is 12.3. The molecule has 134 valence electrons. The predicted octanol–water partition coefficient (Wildman–Crippen LogP) is 4.75. The summed E-state index contributed by atoms with van der Waals surface area (Å²) in [6.07, 6.45) is 7.00. The van der Waals surface area contributed by atoms with E-state index in [9.17, 15) is 12.8 Å². The van der Waals surface area contributed by atoms with Crippen molar-refractivity contribution in [3.63, 3.8) is 0 Å². The van der Waals surface area contributed by atoms with Crippen LogP contribution in [0.15, 0.2) is 78.2 Å². The van der Waals surface area contributed by atoms with E-state index in [0.29, 0.717) is 11.3 Å². The largest absolute Gasteiger partial charge is 0.223 e. The lowest BCUT2D eigenvalue weighted by atomic mass is 9.79. The summed E-state index contributed by atoms with van der Waals surface area (Å²) in [5, 5.41) is -0.592. The van der Waals surface area contributed by atoms with Crippen LogP contribution in [0.1, 0.15) is 24.0 Å². The molecule has 0 saturated heterocycles. The second kappa shape index (κ2) is 5.65. The summed E-state index contributed by atoms with van der Waals surface area (Å²) in [7, 11) is -3.47. The number of hydrogen-bond acceptors (Lipinski definition) is 2. The maximum absolute atomic E-state index is 13.4. The van der Waals surface area contributed by atoms with Crippen LogP contribution in [0.5, 0.6) is 0 Å². The lowest BCUT2D eigenvalue weighted by Crippen LogP contribution is -2.31. The van der Waals surface area contributed by atoms with E-state index in [1.165, 1.54) is 12.1 Å². The second-order valence-corrected chi connectivity index (χ2v) is 9.64. The number of hydrogen-bond donors (Lipinski definition) is 0. The third-order valence-electron chi connectivity index (χ3n) is 6.03. The second-order valence-electron chi connectivity index (χ2n) is 7.47. The summed E-state index contributed by atoms with van der Waals surface area (Å²) in [4.78, 5) is 0.346. The molecule has 2 nitrogen and oxygen atoms in total. The zero-order valence-corrected chi connectivity index (χ0v) is 15.5. The van der Waals surface area contributed by atoms with Gasteiger partial charge < -0.3 is 0 Å². The number of rotatable bonds is 4. The highest BCUT2D eigenvalue weighted by Gasteiger charge is 2.67. The Hall–Kier alpha value is -2.20. The van der Waals surface area contributed by atoms with Gasteiger partial charge in [0.2, 0.25) is 0 Å². The molecule has 4 heteroatoms. The summed E-state index contributed by atoms with van der Waals surface area (Å²) in [6, 6.07) is 13.4. The summed E-state index contributed by atoms with van der Waals surface area (Å²) in [6.45, 7) is 5.90. The van der Waals surface area contributed by atoms with E-state index in [-0.39, 0.29) is 16.6 Å². The van der Waals surface area contributed by atoms with Crippen LogP contribution in [-0.4, -0.2) is 13.7 Å². The average molecular weight is 368 g/mol. The fourth-order valence-electron chi connectivity index (χ4n) is 4.34. The van der Waals surface area contributed by atoms with Gasteiger partial charge in [0.25, 0.3) is 0 Å². The minimum atomic E-state index is -3.47. The number of benzene rings is 2. The van der Waals surface area contributed by atoms with Gasteiger partial charge in [-0.15, -0.1) is 6.58 Å². The number of aryl methyl sites for hydroxylation is 1. The molecular weight excluding hydrogens is 347 g/mol. The van der Waals surface area contributed by atoms with Gasteiger partial charge in [-0.25, -0.2) is 12.8 Å². The third-order valence-corrected chi connectivity index (χ3v) is 8.08. The first kappa shape index (κ1) is 17.2. The first-order valence-electron chi connectivity index (χ1n) is 8.73. The van der Waals surface area contributed by atoms with Crippen molar-refractivity contribution >= 4 is 9.84 Å². The van der Waals surface area contributed by atoms with Gasteiger partial charge in [-0.05, 0) is 49.6 Å². The quantitative estimate of drug-likeness (QED) is 0.730. The Morgan fingerprint density at radius 2 is 1.77 bits per heavy atom. The molecule has 2 aliphatic carbocycles. The molecule has 0 heterocycles. The molecule has 1 fully saturated rings. The lowest BCUT2D eigenvalue weighted by Gasteiger charge is -2.30. The molecule has 26 heavy (non-hydrogen) atoms. The van der Waals surface area contributed by atoms with Crippen molar-refractivity contribution in [1.82, 2.24) is 0 Å². The Kier molecular flexibility index (Phi) is 3.74. The van der Waals surface area contributed by atoms with Crippen molar-refractivity contribution in [1.29, 1.82) is 0 Å². The fraction of sp³-hybridized carbons (Fsp3) is 0.273. The van der Waals surface area contributed by atoms with Crippen LogP contribution in [0.2, 0.25) is 0 Å². The van der Waals surface area contributed by atoms with Crippen molar-refractivity contribution in [3.05, 3.63) is 90.3 Å². The third kappa shape index (κ3) is 2.39. The zero-order valence-electron chi connectivity index (χ0n) is 14.7. The van der Waals surface area contributed by atoms with Crippen LogP contribution in [-0.2, 0) is 15.3 Å². The fourth-order valence-corrected chi connectivity index (χ4v) is 5.99. The molecule has 1 saturated carbocycles. The van der Waals surface area contributed by atoms with E-state index in [1.807, 2.05) is 37.3 Å². The number of sulfone groups is 1. The normalized spacial score (nSPS) is 29.8. The molecule has 2 aromatic carbocycles. The van der Waals surface area contributed by atoms with Crippen molar-refractivity contribution in [2.75, 3.05) is 0 Å². The van der Waals surface area contributed by atoms with Crippen molar-refractivity contribution in [2.45, 2.75) is 35.3 Å². The SMILES string of the molecule is C=CC12C=CC(S(=O)(=O)c3ccc(C)cc3)C[C@]1(c1ccc(F)cc1)C2. The molecule has 0 aromatic heterocycles. The molecule has 0 radical (unpaired) electrons. The van der Waals surface area contributed by atoms with Gasteiger partial charge in [0.05, 0.1) is 10.1 Å². The van der Waals surface area contributed by atoms with Crippen LogP contribution in [0, 0.1) is 18.2 Å². The van der Waals surface area contributed by atoms with Crippen LogP contribution in [0.4, 0.5) is 4.39 Å². The van der Waals surface area contributed by atoms with Gasteiger partial charge in [0.15, 0.2) is 9.84 Å². The maximum atomic E-state index is 13.4. The monoisotopic (exact) mass is 368 g/mol. The molecule has 2 aromatic rings. The Morgan fingerprint density at radius 1 is 1.12 bits per heavy atom. The standard InChI is InChI=1S/C22H21FO2S/c1-3-21-13-12-20(26(24,25)19-10-4-16(2)5-11-19)14-22(21,15-21)17-6-8-18(23)9-7-17/h3-13,20H,1,14-15H2,2H3/t20?,21?,22-/m1/s1. The van der Waals surface area contributed by atoms with E-state index in [1.54, 1.807) is 24.3 Å². The Labute approximate surface area is 154 Å². The van der Waals surface area contributed by atoms with Gasteiger partial charge in [-0.1, -0.05) is 48.1 Å². The van der Waals surface area contributed by atoms with E-state index >= 15 is 0 Å². The molecule has 4 rings (SSSR count). The highest BCUT2D eigenvalue weighted by molar-refractivity contribution is 7.92. The molecule has 2 aliphatic rings. The van der Waals surface area contributed by atoms with Crippen LogP contribution < -0.4 is 0 Å². The molecule has 0 N–H and O–H groups in total. The molecule has 2 unspecified atom stereocenters. The van der Waals surface area contributed by atoms with E-state index in [2.05, 4.69) is 6.58 Å². The highest BCUT2D eigenvalue weighted by atomic mass is 32.2. The van der Waals surface area contributed by atoms with E-state index in [0.717, 1.165) is 17.5 Å². The summed E-state index contributed by atoms with van der Waals surface area (Å²) >= 11 is 0. The smallest absolute Gasteiger partial charge is 0.184 e. The van der Waals surface area contributed by atoms with Crippen molar-refractivity contribution < 1.29 is 12.8 Å². The number of allylic oxidation sites excluding steroid dienone is 2. The Balaban J connectivity index is 1.74. The average Bonchev–Trinajstić information content (AvgIpc) is 3.33. The lowest BCUT2D eigenvalue weighted by molar-refractivity contribution is 0.506. The highest BCUT2D eigenvalue weighted by Crippen LogP contribution is 2.70. The molecule has 3 atom stereocenters.